The number of amides is 1. The normalized spacial score (nSPS) is 12.9. The number of hydrogen-bond acceptors (Lipinski definition) is 4. The predicted octanol–water partition coefficient (Wildman–Crippen LogP) is 2.70. The summed E-state index contributed by atoms with van der Waals surface area (Å²) in [4.78, 5) is 15.7. The van der Waals surface area contributed by atoms with Crippen molar-refractivity contribution in [1.82, 2.24) is 4.98 Å². The average Bonchev–Trinajstić information content (AvgIpc) is 2.26. The molecule has 6 heteroatoms. The molecule has 106 valence electrons. The van der Waals surface area contributed by atoms with E-state index in [1.165, 1.54) is 0 Å². The molecule has 0 saturated carbocycles. The first kappa shape index (κ1) is 15.8. The molecule has 0 aromatic carbocycles. The molecule has 0 aliphatic carbocycles. The van der Waals surface area contributed by atoms with Crippen LogP contribution >= 0.6 is 0 Å². The first-order chi connectivity index (χ1) is 8.80. The second-order valence-corrected chi connectivity index (χ2v) is 6.78. The number of ether oxygens (including phenoxy) is 1. The predicted molar refractivity (Wildman–Crippen MR) is 76.5 cm³/mol. The number of carbonyl (C=O) groups is 1. The molecule has 0 radical (unpaired) electrons. The molecule has 0 fully saturated rings. The Hall–Kier alpha value is -1.27. The average molecular weight is 284 g/mol. The SMILES string of the molecule is CC[S+]([O-])Cc1cc(NC(=O)OC(C)(C)C)ccn1. The first-order valence-electron chi connectivity index (χ1n) is 6.10. The molecule has 0 aliphatic heterocycles. The first-order valence-corrected chi connectivity index (χ1v) is 7.59. The molecular formula is C13H20N2O3S. The summed E-state index contributed by atoms with van der Waals surface area (Å²) in [5.41, 5.74) is 0.741. The van der Waals surface area contributed by atoms with E-state index in [-0.39, 0.29) is 0 Å². The molecule has 1 amide bonds. The van der Waals surface area contributed by atoms with Crippen LogP contribution < -0.4 is 5.32 Å². The summed E-state index contributed by atoms with van der Waals surface area (Å²) >= 11 is -0.921. The van der Waals surface area contributed by atoms with Crippen molar-refractivity contribution >= 4 is 23.0 Å². The third-order valence-corrected chi connectivity index (χ3v) is 3.35. The van der Waals surface area contributed by atoms with E-state index in [4.69, 9.17) is 4.74 Å². The van der Waals surface area contributed by atoms with E-state index >= 15 is 0 Å². The van der Waals surface area contributed by atoms with Gasteiger partial charge in [0.2, 0.25) is 0 Å². The maximum atomic E-state index is 11.6. The second kappa shape index (κ2) is 6.77. The van der Waals surface area contributed by atoms with Gasteiger partial charge >= 0.3 is 6.09 Å². The van der Waals surface area contributed by atoms with Gasteiger partial charge in [0, 0.05) is 11.9 Å². The van der Waals surface area contributed by atoms with Gasteiger partial charge in [-0.05, 0) is 51.0 Å². The lowest BCUT2D eigenvalue weighted by molar-refractivity contribution is 0.0636. The molecule has 5 nitrogen and oxygen atoms in total. The maximum absolute atomic E-state index is 11.6. The molecule has 0 saturated heterocycles. The van der Waals surface area contributed by atoms with Gasteiger partial charge in [-0.2, -0.15) is 0 Å². The highest BCUT2D eigenvalue weighted by Crippen LogP contribution is 2.13. The minimum Gasteiger partial charge on any atom is -0.616 e. The summed E-state index contributed by atoms with van der Waals surface area (Å²) in [6.45, 7) is 7.26. The molecule has 1 aromatic rings. The fourth-order valence-electron chi connectivity index (χ4n) is 1.32. The standard InChI is InChI=1S/C13H20N2O3S/c1-5-19(17)9-11-8-10(6-7-14-11)15-12(16)18-13(2,3)4/h6-8H,5,9H2,1-4H3,(H,14,15,16). The van der Waals surface area contributed by atoms with Crippen molar-refractivity contribution in [3.05, 3.63) is 24.0 Å². The Labute approximate surface area is 116 Å². The molecule has 1 N–H and O–H groups in total. The van der Waals surface area contributed by atoms with Gasteiger partial charge in [-0.3, -0.25) is 10.3 Å². The summed E-state index contributed by atoms with van der Waals surface area (Å²) in [5.74, 6) is 0.978. The Morgan fingerprint density at radius 3 is 2.79 bits per heavy atom. The Balaban J connectivity index is 2.64. The minimum atomic E-state index is -0.921. The van der Waals surface area contributed by atoms with Crippen molar-refractivity contribution in [3.8, 4) is 0 Å². The Kier molecular flexibility index (Phi) is 5.62. The van der Waals surface area contributed by atoms with Crippen LogP contribution in [-0.4, -0.2) is 27.0 Å². The Bertz CT molecular complexity index is 432. The van der Waals surface area contributed by atoms with Crippen LogP contribution in [-0.2, 0) is 21.7 Å². The largest absolute Gasteiger partial charge is 0.616 e. The number of anilines is 1. The van der Waals surface area contributed by atoms with Crippen LogP contribution in [0.5, 0.6) is 0 Å². The second-order valence-electron chi connectivity index (χ2n) is 5.04. The summed E-state index contributed by atoms with van der Waals surface area (Å²) in [6, 6.07) is 3.37. The van der Waals surface area contributed by atoms with Crippen molar-refractivity contribution in [2.45, 2.75) is 39.0 Å². The van der Waals surface area contributed by atoms with E-state index in [1.54, 1.807) is 39.1 Å². The van der Waals surface area contributed by atoms with E-state index in [9.17, 15) is 9.35 Å². The zero-order valence-electron chi connectivity index (χ0n) is 11.7. The zero-order chi connectivity index (χ0) is 14.5. The quantitative estimate of drug-likeness (QED) is 0.863. The molecular weight excluding hydrogens is 264 g/mol. The third kappa shape index (κ3) is 6.45. The van der Waals surface area contributed by atoms with E-state index in [2.05, 4.69) is 10.3 Å². The number of nitrogens with one attached hydrogen (secondary N) is 1. The van der Waals surface area contributed by atoms with Crippen molar-refractivity contribution in [3.63, 3.8) is 0 Å². The number of rotatable bonds is 4. The highest BCUT2D eigenvalue weighted by Gasteiger charge is 2.16. The van der Waals surface area contributed by atoms with E-state index in [0.717, 1.165) is 0 Å². The Morgan fingerprint density at radius 1 is 1.53 bits per heavy atom. The Morgan fingerprint density at radius 2 is 2.21 bits per heavy atom. The van der Waals surface area contributed by atoms with Crippen molar-refractivity contribution in [2.75, 3.05) is 11.1 Å². The molecule has 1 unspecified atom stereocenters. The van der Waals surface area contributed by atoms with Crippen LogP contribution in [0, 0.1) is 0 Å². The minimum absolute atomic E-state index is 0.389. The summed E-state index contributed by atoms with van der Waals surface area (Å²) in [7, 11) is 0. The number of aromatic nitrogens is 1. The molecule has 1 rings (SSSR count). The fraction of sp³-hybridized carbons (Fsp3) is 0.538. The van der Waals surface area contributed by atoms with Gasteiger partial charge in [0.1, 0.15) is 17.1 Å². The highest BCUT2D eigenvalue weighted by atomic mass is 32.2. The van der Waals surface area contributed by atoms with Crippen LogP contribution in [0.1, 0.15) is 33.4 Å². The topological polar surface area (TPSA) is 74.3 Å². The summed E-state index contributed by atoms with van der Waals surface area (Å²) in [6.07, 6.45) is 1.07. The molecule has 1 atom stereocenters. The van der Waals surface area contributed by atoms with Gasteiger partial charge in [-0.25, -0.2) is 4.79 Å². The molecule has 1 aromatic heterocycles. The molecule has 0 bridgehead atoms. The zero-order valence-corrected chi connectivity index (χ0v) is 12.5. The molecule has 1 heterocycles. The van der Waals surface area contributed by atoms with Gasteiger partial charge < -0.3 is 9.29 Å². The molecule has 19 heavy (non-hydrogen) atoms. The number of nitrogens with zero attached hydrogens (tertiary/aromatic N) is 1. The summed E-state index contributed by atoms with van der Waals surface area (Å²) < 4.78 is 16.6. The lowest BCUT2D eigenvalue weighted by atomic mass is 10.2. The van der Waals surface area contributed by atoms with Crippen LogP contribution in [0.25, 0.3) is 0 Å². The molecule has 0 aliphatic rings. The van der Waals surface area contributed by atoms with E-state index in [0.29, 0.717) is 22.9 Å². The van der Waals surface area contributed by atoms with Gasteiger partial charge in [-0.15, -0.1) is 0 Å². The van der Waals surface area contributed by atoms with Crippen LogP contribution in [0.4, 0.5) is 10.5 Å². The van der Waals surface area contributed by atoms with Crippen molar-refractivity contribution in [2.24, 2.45) is 0 Å². The lowest BCUT2D eigenvalue weighted by Gasteiger charge is -2.19. The van der Waals surface area contributed by atoms with E-state index in [1.807, 2.05) is 6.92 Å². The van der Waals surface area contributed by atoms with E-state index < -0.39 is 22.9 Å². The van der Waals surface area contributed by atoms with Crippen LogP contribution in [0.3, 0.4) is 0 Å². The van der Waals surface area contributed by atoms with Crippen molar-refractivity contribution < 1.29 is 14.1 Å². The van der Waals surface area contributed by atoms with Gasteiger partial charge in [0.05, 0.1) is 5.69 Å². The summed E-state index contributed by atoms with van der Waals surface area (Å²) in [5, 5.41) is 2.63. The number of pyridine rings is 1. The third-order valence-electron chi connectivity index (χ3n) is 2.09. The van der Waals surface area contributed by atoms with Gasteiger partial charge in [-0.1, -0.05) is 0 Å². The van der Waals surface area contributed by atoms with Crippen LogP contribution in [0.15, 0.2) is 18.3 Å². The smallest absolute Gasteiger partial charge is 0.412 e. The van der Waals surface area contributed by atoms with Gasteiger partial charge in [0.25, 0.3) is 0 Å². The molecule has 0 spiro atoms. The number of carbonyl (C=O) groups excluding carboxylic acids is 1. The fourth-order valence-corrected chi connectivity index (χ4v) is 2.02. The monoisotopic (exact) mass is 284 g/mol. The van der Waals surface area contributed by atoms with Crippen LogP contribution in [0.2, 0.25) is 0 Å². The number of hydrogen-bond donors (Lipinski definition) is 1. The van der Waals surface area contributed by atoms with Crippen molar-refractivity contribution in [1.29, 1.82) is 0 Å². The van der Waals surface area contributed by atoms with Gasteiger partial charge in [0.15, 0.2) is 0 Å². The highest BCUT2D eigenvalue weighted by molar-refractivity contribution is 7.90. The maximum Gasteiger partial charge on any atom is 0.412 e. The lowest BCUT2D eigenvalue weighted by Crippen LogP contribution is -2.27.